The van der Waals surface area contributed by atoms with Gasteiger partial charge in [0.25, 0.3) is 0 Å². The first-order valence-corrected chi connectivity index (χ1v) is 8.20. The lowest BCUT2D eigenvalue weighted by molar-refractivity contribution is 0.401. The van der Waals surface area contributed by atoms with Gasteiger partial charge >= 0.3 is 0 Å². The Morgan fingerprint density at radius 1 is 1.42 bits per heavy atom. The molecule has 2 nitrogen and oxygen atoms in total. The topological polar surface area (TPSA) is 24.9 Å². The van der Waals surface area contributed by atoms with Gasteiger partial charge in [0.2, 0.25) is 0 Å². The number of thioether (sulfide) groups is 1. The van der Waals surface area contributed by atoms with Gasteiger partial charge in [0.1, 0.15) is 0 Å². The van der Waals surface area contributed by atoms with Gasteiger partial charge in [-0.05, 0) is 48.1 Å². The van der Waals surface area contributed by atoms with Crippen molar-refractivity contribution in [2.24, 2.45) is 5.92 Å². The third-order valence-electron chi connectivity index (χ3n) is 3.83. The van der Waals surface area contributed by atoms with E-state index in [1.165, 1.54) is 28.9 Å². The number of para-hydroxylation sites is 1. The van der Waals surface area contributed by atoms with Crippen LogP contribution in [0.3, 0.4) is 0 Å². The lowest BCUT2D eigenvalue weighted by Gasteiger charge is -2.24. The molecule has 2 aromatic rings. The molecule has 19 heavy (non-hydrogen) atoms. The number of hydrogen-bond acceptors (Lipinski definition) is 3. The van der Waals surface area contributed by atoms with Gasteiger partial charge in [-0.25, -0.2) is 0 Å². The minimum atomic E-state index is 0.456. The highest BCUT2D eigenvalue weighted by Crippen LogP contribution is 2.34. The van der Waals surface area contributed by atoms with Crippen LogP contribution in [-0.4, -0.2) is 23.0 Å². The van der Waals surface area contributed by atoms with Crippen LogP contribution < -0.4 is 5.32 Å². The highest BCUT2D eigenvalue weighted by Gasteiger charge is 2.26. The van der Waals surface area contributed by atoms with Gasteiger partial charge in [0, 0.05) is 17.6 Å². The molecule has 0 saturated carbocycles. The highest BCUT2D eigenvalue weighted by atomic mass is 32.2. The van der Waals surface area contributed by atoms with E-state index in [0.29, 0.717) is 6.04 Å². The fraction of sp³-hybridized carbons (Fsp3) is 0.438. The molecule has 1 fully saturated rings. The highest BCUT2D eigenvalue weighted by molar-refractivity contribution is 7.99. The molecular weight excluding hydrogens is 252 g/mol. The molecule has 0 spiro atoms. The molecule has 1 saturated heterocycles. The van der Waals surface area contributed by atoms with Gasteiger partial charge in [-0.2, -0.15) is 11.8 Å². The van der Waals surface area contributed by atoms with Gasteiger partial charge in [0.15, 0.2) is 0 Å². The fourth-order valence-electron chi connectivity index (χ4n) is 2.85. The average molecular weight is 272 g/mol. The zero-order valence-corrected chi connectivity index (χ0v) is 12.1. The van der Waals surface area contributed by atoms with Gasteiger partial charge in [-0.1, -0.05) is 25.1 Å². The van der Waals surface area contributed by atoms with E-state index in [1.807, 2.05) is 6.07 Å². The first-order valence-electron chi connectivity index (χ1n) is 7.04. The molecule has 0 radical (unpaired) electrons. The summed E-state index contributed by atoms with van der Waals surface area (Å²) in [5, 5.41) is 4.90. The maximum atomic E-state index is 4.61. The van der Waals surface area contributed by atoms with Crippen LogP contribution in [0.25, 0.3) is 10.9 Å². The maximum absolute atomic E-state index is 4.61. The molecule has 0 bridgehead atoms. The molecule has 3 rings (SSSR count). The second-order valence-corrected chi connectivity index (χ2v) is 6.27. The normalized spacial score (nSPS) is 20.8. The largest absolute Gasteiger partial charge is 0.310 e. The summed E-state index contributed by atoms with van der Waals surface area (Å²) in [6.07, 6.45) is 3.37. The molecular formula is C16H20N2S. The van der Waals surface area contributed by atoms with E-state index < -0.39 is 0 Å². The third-order valence-corrected chi connectivity index (χ3v) is 5.02. The second kappa shape index (κ2) is 5.93. The van der Waals surface area contributed by atoms with E-state index in [4.69, 9.17) is 0 Å². The minimum Gasteiger partial charge on any atom is -0.310 e. The summed E-state index contributed by atoms with van der Waals surface area (Å²) in [6, 6.07) is 11.1. The van der Waals surface area contributed by atoms with Crippen molar-refractivity contribution in [2.75, 3.05) is 18.1 Å². The predicted octanol–water partition coefficient (Wildman–Crippen LogP) is 3.64. The standard InChI is InChI=1S/C16H20N2S/c1-2-17-16(13-7-8-19-11-13)14-9-12-5-3-4-6-15(12)18-10-14/h3-6,9-10,13,16-17H,2,7-8,11H2,1H3. The molecule has 1 aliphatic heterocycles. The molecule has 1 aliphatic rings. The fourth-order valence-corrected chi connectivity index (χ4v) is 4.15. The second-order valence-electron chi connectivity index (χ2n) is 5.12. The third kappa shape index (κ3) is 2.77. The lowest BCUT2D eigenvalue weighted by atomic mass is 9.92. The number of benzene rings is 1. The number of nitrogens with one attached hydrogen (secondary N) is 1. The van der Waals surface area contributed by atoms with Crippen molar-refractivity contribution in [3.8, 4) is 0 Å². The van der Waals surface area contributed by atoms with Gasteiger partial charge in [0.05, 0.1) is 5.52 Å². The van der Waals surface area contributed by atoms with Crippen molar-refractivity contribution in [3.63, 3.8) is 0 Å². The van der Waals surface area contributed by atoms with Gasteiger partial charge in [-0.15, -0.1) is 0 Å². The Bertz CT molecular complexity index is 549. The molecule has 3 heteroatoms. The smallest absolute Gasteiger partial charge is 0.0702 e. The molecule has 0 aliphatic carbocycles. The number of pyridine rings is 1. The van der Waals surface area contributed by atoms with E-state index in [9.17, 15) is 0 Å². The van der Waals surface area contributed by atoms with Crippen LogP contribution in [0.2, 0.25) is 0 Å². The van der Waals surface area contributed by atoms with Crippen molar-refractivity contribution in [1.82, 2.24) is 10.3 Å². The Labute approximate surface area is 119 Å². The molecule has 2 heterocycles. The van der Waals surface area contributed by atoms with Crippen LogP contribution >= 0.6 is 11.8 Å². The van der Waals surface area contributed by atoms with Crippen LogP contribution in [0.15, 0.2) is 36.5 Å². The monoisotopic (exact) mass is 272 g/mol. The SMILES string of the molecule is CCNC(c1cnc2ccccc2c1)C1CCSC1. The number of aromatic nitrogens is 1. The first kappa shape index (κ1) is 12.9. The van der Waals surface area contributed by atoms with Crippen LogP contribution in [0.4, 0.5) is 0 Å². The molecule has 0 amide bonds. The summed E-state index contributed by atoms with van der Waals surface area (Å²) in [4.78, 5) is 4.61. The Kier molecular flexibility index (Phi) is 4.04. The summed E-state index contributed by atoms with van der Waals surface area (Å²) in [6.45, 7) is 3.20. The van der Waals surface area contributed by atoms with Crippen molar-refractivity contribution >= 4 is 22.7 Å². The predicted molar refractivity (Wildman–Crippen MR) is 83.6 cm³/mol. The van der Waals surface area contributed by atoms with E-state index in [-0.39, 0.29) is 0 Å². The number of fused-ring (bicyclic) bond motifs is 1. The number of hydrogen-bond donors (Lipinski definition) is 1. The van der Waals surface area contributed by atoms with E-state index in [1.54, 1.807) is 0 Å². The summed E-state index contributed by atoms with van der Waals surface area (Å²) in [5.41, 5.74) is 2.43. The Morgan fingerprint density at radius 2 is 2.32 bits per heavy atom. The van der Waals surface area contributed by atoms with E-state index >= 15 is 0 Å². The van der Waals surface area contributed by atoms with Crippen molar-refractivity contribution in [3.05, 3.63) is 42.1 Å². The summed E-state index contributed by atoms with van der Waals surface area (Å²) >= 11 is 2.07. The molecule has 1 N–H and O–H groups in total. The first-order chi connectivity index (χ1) is 9.38. The maximum Gasteiger partial charge on any atom is 0.0702 e. The number of rotatable bonds is 4. The summed E-state index contributed by atoms with van der Waals surface area (Å²) in [5.74, 6) is 3.31. The van der Waals surface area contributed by atoms with Crippen LogP contribution in [0, 0.1) is 5.92 Å². The van der Waals surface area contributed by atoms with E-state index in [0.717, 1.165) is 18.0 Å². The Balaban J connectivity index is 1.94. The molecule has 1 aromatic carbocycles. The summed E-state index contributed by atoms with van der Waals surface area (Å²) in [7, 11) is 0. The molecule has 2 atom stereocenters. The molecule has 100 valence electrons. The zero-order valence-electron chi connectivity index (χ0n) is 11.3. The zero-order chi connectivity index (χ0) is 13.1. The van der Waals surface area contributed by atoms with Crippen molar-refractivity contribution in [2.45, 2.75) is 19.4 Å². The number of nitrogens with zero attached hydrogens (tertiary/aromatic N) is 1. The van der Waals surface area contributed by atoms with E-state index in [2.05, 4.69) is 59.4 Å². The lowest BCUT2D eigenvalue weighted by Crippen LogP contribution is -2.28. The van der Waals surface area contributed by atoms with Crippen molar-refractivity contribution < 1.29 is 0 Å². The van der Waals surface area contributed by atoms with Crippen LogP contribution in [-0.2, 0) is 0 Å². The molecule has 2 unspecified atom stereocenters. The van der Waals surface area contributed by atoms with Crippen molar-refractivity contribution in [1.29, 1.82) is 0 Å². The Hall–Kier alpha value is -1.06. The van der Waals surface area contributed by atoms with Crippen LogP contribution in [0.1, 0.15) is 24.9 Å². The van der Waals surface area contributed by atoms with Crippen LogP contribution in [0.5, 0.6) is 0 Å². The Morgan fingerprint density at radius 3 is 3.11 bits per heavy atom. The summed E-state index contributed by atoms with van der Waals surface area (Å²) < 4.78 is 0. The molecule has 1 aromatic heterocycles. The van der Waals surface area contributed by atoms with Gasteiger partial charge in [-0.3, -0.25) is 4.98 Å². The van der Waals surface area contributed by atoms with Gasteiger partial charge < -0.3 is 5.32 Å². The average Bonchev–Trinajstić information content (AvgIpc) is 2.98. The minimum absolute atomic E-state index is 0.456. The quantitative estimate of drug-likeness (QED) is 0.920.